The summed E-state index contributed by atoms with van der Waals surface area (Å²) in [6.45, 7) is 0. The summed E-state index contributed by atoms with van der Waals surface area (Å²) in [7, 11) is -4.14. The zero-order chi connectivity index (χ0) is 17.0. The molecule has 0 unspecified atom stereocenters. The molecule has 0 spiro atoms. The molecule has 0 fully saturated rings. The maximum Gasteiger partial charge on any atom is 0.284 e. The van der Waals surface area contributed by atoms with E-state index < -0.39 is 26.8 Å². The van der Waals surface area contributed by atoms with E-state index in [9.17, 15) is 27.7 Å². The number of nitro groups is 1. The van der Waals surface area contributed by atoms with Crippen molar-refractivity contribution >= 4 is 21.6 Å². The molecule has 0 atom stereocenters. The summed E-state index contributed by atoms with van der Waals surface area (Å²) >= 11 is 0. The van der Waals surface area contributed by atoms with E-state index >= 15 is 0 Å². The summed E-state index contributed by atoms with van der Waals surface area (Å²) in [5.41, 5.74) is 1.26. The molecule has 0 saturated carbocycles. The average molecular weight is 340 g/mol. The lowest BCUT2D eigenvalue weighted by Crippen LogP contribution is -2.41. The second-order valence-corrected chi connectivity index (χ2v) is 5.84. The van der Waals surface area contributed by atoms with Gasteiger partial charge in [0.2, 0.25) is 5.95 Å². The summed E-state index contributed by atoms with van der Waals surface area (Å²) in [6.07, 6.45) is 0. The van der Waals surface area contributed by atoms with Gasteiger partial charge in [-0.1, -0.05) is 6.07 Å². The molecule has 1 aromatic carbocycles. The van der Waals surface area contributed by atoms with Crippen LogP contribution in [0.25, 0.3) is 0 Å². The van der Waals surface area contributed by atoms with Gasteiger partial charge in [-0.25, -0.2) is 13.4 Å². The van der Waals surface area contributed by atoms with Gasteiger partial charge in [-0.3, -0.25) is 20.3 Å². The third-order valence-corrected chi connectivity index (χ3v) is 3.87. The minimum Gasteiger partial charge on any atom is -0.272 e. The fourth-order valence-corrected chi connectivity index (χ4v) is 2.36. The first kappa shape index (κ1) is 16.5. The maximum atomic E-state index is 12.9. The molecule has 23 heavy (non-hydrogen) atoms. The van der Waals surface area contributed by atoms with Crippen molar-refractivity contribution in [3.8, 4) is 0 Å². The number of nitrogens with zero attached hydrogens (tertiary/aromatic N) is 2. The summed E-state index contributed by atoms with van der Waals surface area (Å²) in [5, 5.41) is 10.5. The molecule has 2 N–H and O–H groups in total. The summed E-state index contributed by atoms with van der Waals surface area (Å²) in [4.78, 5) is 26.3. The molecule has 1 aromatic heterocycles. The highest BCUT2D eigenvalue weighted by Crippen LogP contribution is 2.15. The van der Waals surface area contributed by atoms with Gasteiger partial charge in [0.05, 0.1) is 9.82 Å². The predicted octanol–water partition coefficient (Wildman–Crippen LogP) is 0.752. The van der Waals surface area contributed by atoms with Gasteiger partial charge < -0.3 is 0 Å². The van der Waals surface area contributed by atoms with Crippen LogP contribution in [0.1, 0.15) is 10.5 Å². The highest BCUT2D eigenvalue weighted by molar-refractivity contribution is 7.89. The Bertz CT molecular complexity index is 854. The Hall–Kier alpha value is -2.92. The van der Waals surface area contributed by atoms with Crippen molar-refractivity contribution in [2.24, 2.45) is 0 Å². The predicted molar refractivity (Wildman–Crippen MR) is 75.1 cm³/mol. The van der Waals surface area contributed by atoms with Gasteiger partial charge in [0, 0.05) is 12.1 Å². The van der Waals surface area contributed by atoms with Gasteiger partial charge in [-0.2, -0.15) is 4.39 Å². The molecule has 0 aliphatic carbocycles. The van der Waals surface area contributed by atoms with Gasteiger partial charge in [-0.15, -0.1) is 4.83 Å². The molecule has 0 saturated heterocycles. The van der Waals surface area contributed by atoms with Crippen molar-refractivity contribution in [1.29, 1.82) is 0 Å². The van der Waals surface area contributed by atoms with Gasteiger partial charge in [0.1, 0.15) is 5.69 Å². The number of hydrazine groups is 1. The lowest BCUT2D eigenvalue weighted by Gasteiger charge is -2.08. The van der Waals surface area contributed by atoms with Crippen LogP contribution in [0.2, 0.25) is 0 Å². The standard InChI is InChI=1S/C12H9FN4O5S/c13-11-3-1-2-10(14-11)12(18)15-16-23(21,22)9-6-4-8(5-7-9)17(19)20/h1-7,16H,(H,15,18). The van der Waals surface area contributed by atoms with E-state index in [1.807, 2.05) is 5.43 Å². The van der Waals surface area contributed by atoms with E-state index in [0.717, 1.165) is 30.3 Å². The Balaban J connectivity index is 2.09. The van der Waals surface area contributed by atoms with E-state index in [1.165, 1.54) is 12.1 Å². The molecule has 9 nitrogen and oxygen atoms in total. The highest BCUT2D eigenvalue weighted by Gasteiger charge is 2.17. The molecule has 0 aliphatic rings. The van der Waals surface area contributed by atoms with Gasteiger partial charge in [-0.05, 0) is 24.3 Å². The van der Waals surface area contributed by atoms with E-state index in [-0.39, 0.29) is 16.3 Å². The Labute approximate surface area is 129 Å². The number of halogens is 1. The number of benzene rings is 1. The number of nitrogens with one attached hydrogen (secondary N) is 2. The molecule has 2 rings (SSSR count). The van der Waals surface area contributed by atoms with Crippen LogP contribution in [0.5, 0.6) is 0 Å². The largest absolute Gasteiger partial charge is 0.284 e. The van der Waals surface area contributed by atoms with Crippen molar-refractivity contribution in [2.75, 3.05) is 0 Å². The van der Waals surface area contributed by atoms with Crippen LogP contribution < -0.4 is 10.3 Å². The van der Waals surface area contributed by atoms with E-state index in [1.54, 1.807) is 4.83 Å². The Morgan fingerprint density at radius 2 is 1.83 bits per heavy atom. The summed E-state index contributed by atoms with van der Waals surface area (Å²) < 4.78 is 36.7. The number of carbonyl (C=O) groups is 1. The number of non-ortho nitro benzene ring substituents is 1. The molecule has 11 heteroatoms. The Morgan fingerprint density at radius 1 is 1.17 bits per heavy atom. The Morgan fingerprint density at radius 3 is 2.39 bits per heavy atom. The van der Waals surface area contributed by atoms with Crippen molar-refractivity contribution in [3.63, 3.8) is 0 Å². The number of pyridine rings is 1. The molecular weight excluding hydrogens is 331 g/mol. The van der Waals surface area contributed by atoms with Crippen molar-refractivity contribution in [2.45, 2.75) is 4.90 Å². The highest BCUT2D eigenvalue weighted by atomic mass is 32.2. The lowest BCUT2D eigenvalue weighted by atomic mass is 10.3. The second-order valence-electron chi connectivity index (χ2n) is 4.16. The summed E-state index contributed by atoms with van der Waals surface area (Å²) in [5.74, 6) is -1.86. The lowest BCUT2D eigenvalue weighted by molar-refractivity contribution is -0.384. The van der Waals surface area contributed by atoms with Crippen LogP contribution in [0.15, 0.2) is 47.4 Å². The minimum atomic E-state index is -4.14. The smallest absolute Gasteiger partial charge is 0.272 e. The number of carbonyl (C=O) groups excluding carboxylic acids is 1. The molecule has 1 heterocycles. The zero-order valence-electron chi connectivity index (χ0n) is 11.3. The monoisotopic (exact) mass is 340 g/mol. The van der Waals surface area contributed by atoms with Crippen LogP contribution in [-0.4, -0.2) is 24.2 Å². The first-order valence-corrected chi connectivity index (χ1v) is 7.47. The fraction of sp³-hybridized carbons (Fsp3) is 0. The number of amides is 1. The number of nitro benzene ring substituents is 1. The molecule has 0 radical (unpaired) electrons. The van der Waals surface area contributed by atoms with E-state index in [4.69, 9.17) is 0 Å². The topological polar surface area (TPSA) is 131 Å². The molecule has 2 aromatic rings. The second kappa shape index (κ2) is 6.46. The molecular formula is C12H9FN4O5S. The van der Waals surface area contributed by atoms with Crippen LogP contribution in [-0.2, 0) is 10.0 Å². The maximum absolute atomic E-state index is 12.9. The van der Waals surface area contributed by atoms with Crippen molar-refractivity contribution in [1.82, 2.24) is 15.2 Å². The average Bonchev–Trinajstić information content (AvgIpc) is 2.52. The third-order valence-electron chi connectivity index (χ3n) is 2.60. The normalized spacial score (nSPS) is 11.0. The van der Waals surface area contributed by atoms with Crippen LogP contribution in [0, 0.1) is 16.1 Å². The van der Waals surface area contributed by atoms with Gasteiger partial charge >= 0.3 is 0 Å². The molecule has 1 amide bonds. The number of aromatic nitrogens is 1. The Kier molecular flexibility index (Phi) is 4.62. The van der Waals surface area contributed by atoms with Gasteiger partial charge in [0.25, 0.3) is 21.6 Å². The number of hydrogen-bond acceptors (Lipinski definition) is 6. The molecule has 0 aliphatic heterocycles. The van der Waals surface area contributed by atoms with Crippen molar-refractivity contribution in [3.05, 3.63) is 64.2 Å². The molecule has 0 bridgehead atoms. The third kappa shape index (κ3) is 4.05. The summed E-state index contributed by atoms with van der Waals surface area (Å²) in [6, 6.07) is 7.48. The van der Waals surface area contributed by atoms with Crippen LogP contribution in [0.3, 0.4) is 0 Å². The van der Waals surface area contributed by atoms with Crippen LogP contribution in [0.4, 0.5) is 10.1 Å². The first-order valence-electron chi connectivity index (χ1n) is 5.99. The zero-order valence-corrected chi connectivity index (χ0v) is 12.1. The molecule has 120 valence electrons. The number of rotatable bonds is 5. The number of hydrogen-bond donors (Lipinski definition) is 2. The first-order chi connectivity index (χ1) is 10.8. The van der Waals surface area contributed by atoms with Gasteiger partial charge in [0.15, 0.2) is 0 Å². The van der Waals surface area contributed by atoms with Crippen molar-refractivity contribution < 1.29 is 22.5 Å². The SMILES string of the molecule is O=C(NNS(=O)(=O)c1ccc([N+](=O)[O-])cc1)c1cccc(F)n1. The fourth-order valence-electron chi connectivity index (χ4n) is 1.52. The van der Waals surface area contributed by atoms with Crippen LogP contribution >= 0.6 is 0 Å². The van der Waals surface area contributed by atoms with E-state index in [2.05, 4.69) is 4.98 Å². The minimum absolute atomic E-state index is 0.281. The quantitative estimate of drug-likeness (QED) is 0.469. The van der Waals surface area contributed by atoms with E-state index in [0.29, 0.717) is 0 Å². The number of sulfonamides is 1.